The average Bonchev–Trinajstić information content (AvgIpc) is 3.36. The van der Waals surface area contributed by atoms with Crippen molar-refractivity contribution < 1.29 is 18.7 Å². The fraction of sp³-hybridized carbons (Fsp3) is 0.200. The van der Waals surface area contributed by atoms with E-state index >= 15 is 0 Å². The molecule has 0 radical (unpaired) electrons. The van der Waals surface area contributed by atoms with E-state index in [9.17, 15) is 9.59 Å². The summed E-state index contributed by atoms with van der Waals surface area (Å²) in [5.74, 6) is 1.19. The van der Waals surface area contributed by atoms with Crippen molar-refractivity contribution in [3.8, 4) is 5.75 Å². The maximum atomic E-state index is 12.6. The number of carbonyl (C=O) groups is 2. The van der Waals surface area contributed by atoms with E-state index in [2.05, 4.69) is 23.5 Å². The number of hydrogen-bond donors (Lipinski definition) is 1. The zero-order valence-corrected chi connectivity index (χ0v) is 20.4. The smallest absolute Gasteiger partial charge is 0.291 e. The second-order valence-electron chi connectivity index (χ2n) is 9.01. The van der Waals surface area contributed by atoms with Crippen LogP contribution < -0.4 is 10.1 Å². The second-order valence-corrected chi connectivity index (χ2v) is 9.01. The predicted octanol–water partition coefficient (Wildman–Crippen LogP) is 5.91. The van der Waals surface area contributed by atoms with Gasteiger partial charge in [-0.1, -0.05) is 48.5 Å². The lowest BCUT2D eigenvalue weighted by atomic mass is 9.88. The van der Waals surface area contributed by atoms with Gasteiger partial charge in [0, 0.05) is 19.2 Å². The number of ether oxygens (including phenoxy) is 1. The number of amides is 2. The third kappa shape index (κ3) is 5.03. The molecule has 2 amide bonds. The quantitative estimate of drug-likeness (QED) is 0.372. The first-order valence-electron chi connectivity index (χ1n) is 12.0. The summed E-state index contributed by atoms with van der Waals surface area (Å²) in [5.41, 5.74) is 5.13. The number of benzene rings is 3. The van der Waals surface area contributed by atoms with Crippen molar-refractivity contribution in [1.82, 2.24) is 4.90 Å². The average molecular weight is 481 g/mol. The topological polar surface area (TPSA) is 71.8 Å². The van der Waals surface area contributed by atoms with E-state index in [0.717, 1.165) is 28.8 Å². The molecule has 182 valence electrons. The van der Waals surface area contributed by atoms with Crippen molar-refractivity contribution in [3.05, 3.63) is 119 Å². The van der Waals surface area contributed by atoms with Gasteiger partial charge in [-0.05, 0) is 72.0 Å². The van der Waals surface area contributed by atoms with E-state index in [0.29, 0.717) is 18.1 Å². The van der Waals surface area contributed by atoms with Gasteiger partial charge in [0.15, 0.2) is 5.76 Å². The van der Waals surface area contributed by atoms with Crippen LogP contribution in [0.2, 0.25) is 0 Å². The third-order valence-corrected chi connectivity index (χ3v) is 6.41. The number of carbonyl (C=O) groups excluding carboxylic acids is 2. The molecule has 1 atom stereocenters. The molecular weight excluding hydrogens is 452 g/mol. The Morgan fingerprint density at radius 3 is 2.61 bits per heavy atom. The van der Waals surface area contributed by atoms with Crippen LogP contribution in [0.3, 0.4) is 0 Å². The van der Waals surface area contributed by atoms with Gasteiger partial charge in [-0.25, -0.2) is 0 Å². The Balaban J connectivity index is 1.31. The van der Waals surface area contributed by atoms with Crippen molar-refractivity contribution in [1.29, 1.82) is 0 Å². The molecule has 1 N–H and O–H groups in total. The second kappa shape index (κ2) is 10.1. The molecule has 0 fully saturated rings. The molecule has 6 nitrogen and oxygen atoms in total. The van der Waals surface area contributed by atoms with Crippen molar-refractivity contribution in [3.63, 3.8) is 0 Å². The number of rotatable bonds is 6. The number of fused-ring (bicyclic) bond motifs is 1. The van der Waals surface area contributed by atoms with Crippen molar-refractivity contribution >= 4 is 17.5 Å². The number of hydrogen-bond acceptors (Lipinski definition) is 4. The molecule has 1 aliphatic heterocycles. The predicted molar refractivity (Wildman–Crippen MR) is 138 cm³/mol. The summed E-state index contributed by atoms with van der Waals surface area (Å²) in [4.78, 5) is 26.9. The highest BCUT2D eigenvalue weighted by molar-refractivity contribution is 6.02. The van der Waals surface area contributed by atoms with Crippen LogP contribution in [-0.2, 0) is 17.8 Å². The minimum absolute atomic E-state index is 0.0490. The molecule has 1 aliphatic rings. The van der Waals surface area contributed by atoms with E-state index in [1.165, 1.54) is 5.56 Å². The molecular formula is C30H28N2O4. The number of aryl methyl sites for hydroxylation is 1. The van der Waals surface area contributed by atoms with E-state index in [1.54, 1.807) is 19.1 Å². The number of anilines is 1. The van der Waals surface area contributed by atoms with Gasteiger partial charge in [-0.15, -0.1) is 0 Å². The minimum Gasteiger partial charge on any atom is -0.486 e. The van der Waals surface area contributed by atoms with Crippen LogP contribution in [0.25, 0.3) is 0 Å². The lowest BCUT2D eigenvalue weighted by Crippen LogP contribution is -2.39. The zero-order chi connectivity index (χ0) is 25.1. The Hall–Kier alpha value is -4.32. The van der Waals surface area contributed by atoms with Crippen LogP contribution in [0.4, 0.5) is 5.69 Å². The number of furan rings is 1. The lowest BCUT2D eigenvalue weighted by Gasteiger charge is -2.37. The third-order valence-electron chi connectivity index (χ3n) is 6.41. The molecule has 2 heterocycles. The highest BCUT2D eigenvalue weighted by Gasteiger charge is 2.30. The largest absolute Gasteiger partial charge is 0.486 e. The molecule has 0 saturated heterocycles. The van der Waals surface area contributed by atoms with Crippen molar-refractivity contribution in [2.45, 2.75) is 32.9 Å². The zero-order valence-electron chi connectivity index (χ0n) is 20.4. The summed E-state index contributed by atoms with van der Waals surface area (Å²) < 4.78 is 11.8. The Kier molecular flexibility index (Phi) is 6.58. The maximum absolute atomic E-state index is 12.6. The maximum Gasteiger partial charge on any atom is 0.291 e. The van der Waals surface area contributed by atoms with Gasteiger partial charge in [0.1, 0.15) is 18.1 Å². The molecule has 0 saturated carbocycles. The monoisotopic (exact) mass is 480 g/mol. The van der Waals surface area contributed by atoms with E-state index < -0.39 is 0 Å². The van der Waals surface area contributed by atoms with Gasteiger partial charge in [0.05, 0.1) is 6.04 Å². The van der Waals surface area contributed by atoms with E-state index in [1.807, 2.05) is 66.4 Å². The van der Waals surface area contributed by atoms with Gasteiger partial charge < -0.3 is 19.4 Å². The van der Waals surface area contributed by atoms with Crippen LogP contribution in [-0.4, -0.2) is 23.3 Å². The van der Waals surface area contributed by atoms with Crippen LogP contribution in [0.5, 0.6) is 5.75 Å². The van der Waals surface area contributed by atoms with Crippen molar-refractivity contribution in [2.24, 2.45) is 0 Å². The minimum atomic E-state index is -0.310. The Bertz CT molecular complexity index is 1390. The number of nitrogens with one attached hydrogen (secondary N) is 1. The molecule has 1 aromatic heterocycles. The Morgan fingerprint density at radius 1 is 1.00 bits per heavy atom. The van der Waals surface area contributed by atoms with Gasteiger partial charge in [-0.2, -0.15) is 0 Å². The van der Waals surface area contributed by atoms with E-state index in [4.69, 9.17) is 9.15 Å². The van der Waals surface area contributed by atoms with Crippen molar-refractivity contribution in [2.75, 3.05) is 11.9 Å². The van der Waals surface area contributed by atoms with Gasteiger partial charge in [0.2, 0.25) is 5.91 Å². The molecule has 0 spiro atoms. The molecule has 6 heteroatoms. The molecule has 4 aromatic rings. The lowest BCUT2D eigenvalue weighted by molar-refractivity contribution is -0.130. The summed E-state index contributed by atoms with van der Waals surface area (Å²) in [5, 5.41) is 2.85. The standard InChI is InChI=1S/C30H28N2O4/c1-20-7-6-10-24(17-20)31-30(34)28-14-13-26(36-28)19-35-25-12-11-22-15-16-32(21(2)33)29(27(22)18-25)23-8-4-3-5-9-23/h3-14,17-18,29H,15-16,19H2,1-2H3,(H,31,34). The summed E-state index contributed by atoms with van der Waals surface area (Å²) in [6.07, 6.45) is 0.802. The van der Waals surface area contributed by atoms with Crippen LogP contribution in [0.1, 0.15) is 51.5 Å². The van der Waals surface area contributed by atoms with Crippen LogP contribution >= 0.6 is 0 Å². The van der Waals surface area contributed by atoms with E-state index in [-0.39, 0.29) is 30.2 Å². The molecule has 1 unspecified atom stereocenters. The summed E-state index contributed by atoms with van der Waals surface area (Å²) in [7, 11) is 0. The molecule has 3 aromatic carbocycles. The SMILES string of the molecule is CC(=O)N1CCc2ccc(OCc3ccc(C(=O)Nc4cccc(C)c4)o3)cc2C1c1ccccc1. The van der Waals surface area contributed by atoms with Gasteiger partial charge in [-0.3, -0.25) is 9.59 Å². The van der Waals surface area contributed by atoms with Gasteiger partial charge >= 0.3 is 0 Å². The van der Waals surface area contributed by atoms with Crippen LogP contribution in [0, 0.1) is 6.92 Å². The summed E-state index contributed by atoms with van der Waals surface area (Å²) in [6, 6.07) is 26.9. The summed E-state index contributed by atoms with van der Waals surface area (Å²) >= 11 is 0. The Morgan fingerprint density at radius 2 is 1.83 bits per heavy atom. The fourth-order valence-corrected chi connectivity index (χ4v) is 4.66. The van der Waals surface area contributed by atoms with Crippen LogP contribution in [0.15, 0.2) is 89.3 Å². The number of nitrogens with zero attached hydrogens (tertiary/aromatic N) is 1. The van der Waals surface area contributed by atoms with Gasteiger partial charge in [0.25, 0.3) is 5.91 Å². The first kappa shape index (κ1) is 23.4. The highest BCUT2D eigenvalue weighted by Crippen LogP contribution is 2.37. The summed E-state index contributed by atoms with van der Waals surface area (Å²) in [6.45, 7) is 4.45. The molecule has 5 rings (SSSR count). The first-order chi connectivity index (χ1) is 17.5. The Labute approximate surface area is 210 Å². The highest BCUT2D eigenvalue weighted by atomic mass is 16.5. The normalized spacial score (nSPS) is 14.7. The first-order valence-corrected chi connectivity index (χ1v) is 12.0. The molecule has 36 heavy (non-hydrogen) atoms. The molecule has 0 bridgehead atoms. The molecule has 0 aliphatic carbocycles. The fourth-order valence-electron chi connectivity index (χ4n) is 4.66.